The number of carboxylic acid groups (broad SMARTS) is 2. The van der Waals surface area contributed by atoms with Crippen LogP contribution >= 0.6 is 0 Å². The number of anilines is 1. The fraction of sp³-hybridized carbons (Fsp3) is 0. The lowest BCUT2D eigenvalue weighted by molar-refractivity contribution is 0.0652. The van der Waals surface area contributed by atoms with E-state index >= 15 is 0 Å². The Morgan fingerprint density at radius 2 is 1.71 bits per heavy atom. The number of benzene rings is 2. The Morgan fingerprint density at radius 1 is 1.06 bits per heavy atom. The molecule has 0 fully saturated rings. The van der Waals surface area contributed by atoms with Crippen molar-refractivity contribution in [2.45, 2.75) is 0 Å². The molecule has 0 aromatic heterocycles. The molecule has 0 aliphatic carbocycles. The van der Waals surface area contributed by atoms with Crippen LogP contribution < -0.4 is 5.73 Å². The van der Waals surface area contributed by atoms with Crippen molar-refractivity contribution < 1.29 is 19.8 Å². The maximum Gasteiger partial charge on any atom is 0.338 e. The first-order valence-corrected chi connectivity index (χ1v) is 4.80. The largest absolute Gasteiger partial charge is 0.478 e. The molecule has 5 heteroatoms. The highest BCUT2D eigenvalue weighted by Crippen LogP contribution is 2.28. The molecule has 0 aliphatic heterocycles. The highest BCUT2D eigenvalue weighted by atomic mass is 16.4. The van der Waals surface area contributed by atoms with E-state index in [1.807, 2.05) is 0 Å². The molecule has 0 bridgehead atoms. The second kappa shape index (κ2) is 3.79. The van der Waals surface area contributed by atoms with Crippen molar-refractivity contribution in [2.24, 2.45) is 0 Å². The predicted octanol–water partition coefficient (Wildman–Crippen LogP) is 1.82. The van der Waals surface area contributed by atoms with Gasteiger partial charge in [-0.1, -0.05) is 24.3 Å². The van der Waals surface area contributed by atoms with E-state index in [1.165, 1.54) is 6.07 Å². The van der Waals surface area contributed by atoms with Crippen LogP contribution in [0.25, 0.3) is 10.8 Å². The van der Waals surface area contributed by atoms with Crippen molar-refractivity contribution in [1.82, 2.24) is 0 Å². The normalized spacial score (nSPS) is 10.4. The molecule has 0 unspecified atom stereocenters. The lowest BCUT2D eigenvalue weighted by Gasteiger charge is -2.09. The van der Waals surface area contributed by atoms with E-state index < -0.39 is 11.9 Å². The van der Waals surface area contributed by atoms with Gasteiger partial charge in [0.05, 0.1) is 16.8 Å². The Morgan fingerprint density at radius 3 is 2.29 bits per heavy atom. The minimum absolute atomic E-state index is 0.0204. The minimum Gasteiger partial charge on any atom is -0.478 e. The molecule has 2 aromatic rings. The molecule has 0 atom stereocenters. The summed E-state index contributed by atoms with van der Waals surface area (Å²) in [7, 11) is 0. The molecule has 2 rings (SSSR count). The van der Waals surface area contributed by atoms with Crippen LogP contribution in [0.15, 0.2) is 30.3 Å². The first-order valence-electron chi connectivity index (χ1n) is 4.80. The van der Waals surface area contributed by atoms with E-state index in [4.69, 9.17) is 15.9 Å². The maximum atomic E-state index is 11.0. The smallest absolute Gasteiger partial charge is 0.338 e. The summed E-state index contributed by atoms with van der Waals surface area (Å²) >= 11 is 0. The number of nitrogens with two attached hydrogens (primary N) is 1. The van der Waals surface area contributed by atoms with Crippen LogP contribution in [0.1, 0.15) is 20.7 Å². The summed E-state index contributed by atoms with van der Waals surface area (Å²) in [6, 6.07) is 8.10. The Labute approximate surface area is 96.1 Å². The highest BCUT2D eigenvalue weighted by Gasteiger charge is 2.21. The van der Waals surface area contributed by atoms with E-state index in [-0.39, 0.29) is 16.8 Å². The molecule has 2 aromatic carbocycles. The van der Waals surface area contributed by atoms with Gasteiger partial charge in [-0.2, -0.15) is 0 Å². The molecule has 5 nitrogen and oxygen atoms in total. The molecular weight excluding hydrogens is 222 g/mol. The summed E-state index contributed by atoms with van der Waals surface area (Å²) in [5.74, 6) is -2.65. The van der Waals surface area contributed by atoms with Gasteiger partial charge in [-0.3, -0.25) is 0 Å². The van der Waals surface area contributed by atoms with Crippen molar-refractivity contribution in [3.63, 3.8) is 0 Å². The number of aromatic carboxylic acids is 2. The second-order valence-electron chi connectivity index (χ2n) is 3.54. The van der Waals surface area contributed by atoms with Gasteiger partial charge in [0.2, 0.25) is 0 Å². The third-order valence-corrected chi connectivity index (χ3v) is 2.53. The van der Waals surface area contributed by atoms with Gasteiger partial charge < -0.3 is 15.9 Å². The standard InChI is InChI=1S/C12H9NO4/c13-10-7-4-2-1-3-6(7)5-8(11(14)15)9(10)12(16)17/h1-5H,13H2,(H,14,15)(H,16,17). The van der Waals surface area contributed by atoms with Crippen LogP contribution in [0.5, 0.6) is 0 Å². The van der Waals surface area contributed by atoms with Gasteiger partial charge in [0.25, 0.3) is 0 Å². The van der Waals surface area contributed by atoms with Crippen LogP contribution in [-0.2, 0) is 0 Å². The van der Waals surface area contributed by atoms with Crippen LogP contribution in [0.2, 0.25) is 0 Å². The van der Waals surface area contributed by atoms with Crippen molar-refractivity contribution in [3.8, 4) is 0 Å². The molecule has 17 heavy (non-hydrogen) atoms. The van der Waals surface area contributed by atoms with E-state index in [2.05, 4.69) is 0 Å². The van der Waals surface area contributed by atoms with Crippen LogP contribution in [0.4, 0.5) is 5.69 Å². The van der Waals surface area contributed by atoms with Crippen molar-refractivity contribution in [2.75, 3.05) is 5.73 Å². The molecule has 4 N–H and O–H groups in total. The number of carbonyl (C=O) groups is 2. The molecule has 86 valence electrons. The predicted molar refractivity (Wildman–Crippen MR) is 62.3 cm³/mol. The lowest BCUT2D eigenvalue weighted by Crippen LogP contribution is -2.11. The van der Waals surface area contributed by atoms with Crippen molar-refractivity contribution in [3.05, 3.63) is 41.5 Å². The number of nitrogen functional groups attached to an aromatic ring is 1. The summed E-state index contributed by atoms with van der Waals surface area (Å²) in [5.41, 5.74) is 5.03. The number of fused-ring (bicyclic) bond motifs is 1. The topological polar surface area (TPSA) is 101 Å². The molecule has 0 saturated carbocycles. The molecular formula is C12H9NO4. The minimum atomic E-state index is -1.34. The molecule has 0 saturated heterocycles. The van der Waals surface area contributed by atoms with Gasteiger partial charge in [0.15, 0.2) is 0 Å². The zero-order valence-corrected chi connectivity index (χ0v) is 8.68. The Balaban J connectivity index is 2.94. The molecule has 0 amide bonds. The van der Waals surface area contributed by atoms with Crippen LogP contribution in [-0.4, -0.2) is 22.2 Å². The molecule has 0 radical (unpaired) electrons. The van der Waals surface area contributed by atoms with Crippen LogP contribution in [0, 0.1) is 0 Å². The molecule has 0 spiro atoms. The zero-order valence-electron chi connectivity index (χ0n) is 8.68. The van der Waals surface area contributed by atoms with Gasteiger partial charge in [-0.15, -0.1) is 0 Å². The number of hydrogen-bond acceptors (Lipinski definition) is 3. The zero-order chi connectivity index (χ0) is 12.6. The van der Waals surface area contributed by atoms with Gasteiger partial charge >= 0.3 is 11.9 Å². The third-order valence-electron chi connectivity index (χ3n) is 2.53. The third kappa shape index (κ3) is 1.67. The maximum absolute atomic E-state index is 11.0. The Hall–Kier alpha value is -2.56. The van der Waals surface area contributed by atoms with Crippen molar-refractivity contribution in [1.29, 1.82) is 0 Å². The van der Waals surface area contributed by atoms with E-state index in [0.29, 0.717) is 10.8 Å². The summed E-state index contributed by atoms with van der Waals surface area (Å²) in [6.07, 6.45) is 0. The quantitative estimate of drug-likeness (QED) is 0.684. The van der Waals surface area contributed by atoms with Gasteiger partial charge in [-0.25, -0.2) is 9.59 Å². The number of hydrogen-bond donors (Lipinski definition) is 3. The van der Waals surface area contributed by atoms with E-state index in [1.54, 1.807) is 24.3 Å². The number of carboxylic acids is 2. The fourth-order valence-corrected chi connectivity index (χ4v) is 1.77. The van der Waals surface area contributed by atoms with E-state index in [0.717, 1.165) is 0 Å². The van der Waals surface area contributed by atoms with Crippen LogP contribution in [0.3, 0.4) is 0 Å². The molecule has 0 aliphatic rings. The SMILES string of the molecule is Nc1c(C(=O)O)c(C(=O)O)cc2ccccc12. The van der Waals surface area contributed by atoms with Gasteiger partial charge in [-0.05, 0) is 11.5 Å². The summed E-state index contributed by atoms with van der Waals surface area (Å²) in [5, 5.41) is 19.1. The summed E-state index contributed by atoms with van der Waals surface area (Å²) in [6.45, 7) is 0. The average molecular weight is 231 g/mol. The first-order chi connectivity index (χ1) is 8.02. The summed E-state index contributed by atoms with van der Waals surface area (Å²) in [4.78, 5) is 22.1. The second-order valence-corrected chi connectivity index (χ2v) is 3.54. The van der Waals surface area contributed by atoms with Gasteiger partial charge in [0.1, 0.15) is 0 Å². The Kier molecular flexibility index (Phi) is 2.44. The van der Waals surface area contributed by atoms with Crippen molar-refractivity contribution >= 4 is 28.4 Å². The molecule has 0 heterocycles. The summed E-state index contributed by atoms with van der Waals surface area (Å²) < 4.78 is 0. The lowest BCUT2D eigenvalue weighted by atomic mass is 9.98. The van der Waals surface area contributed by atoms with Gasteiger partial charge in [0, 0.05) is 5.39 Å². The fourth-order valence-electron chi connectivity index (χ4n) is 1.77. The monoisotopic (exact) mass is 231 g/mol. The number of rotatable bonds is 2. The first kappa shape index (κ1) is 10.9. The average Bonchev–Trinajstić information content (AvgIpc) is 2.28. The van der Waals surface area contributed by atoms with E-state index in [9.17, 15) is 9.59 Å². The Bertz CT molecular complexity index is 634. The highest BCUT2D eigenvalue weighted by molar-refractivity contribution is 6.12.